The average Bonchev–Trinajstić information content (AvgIpc) is 3.02. The number of carbonyl (C=O) groups excluding carboxylic acids is 2. The second-order valence-electron chi connectivity index (χ2n) is 10.4. The minimum Gasteiger partial charge on any atom is -0.379 e. The molecule has 3 heterocycles. The molecule has 2 aliphatic heterocycles. The Bertz CT molecular complexity index is 1020. The van der Waals surface area contributed by atoms with E-state index < -0.39 is 5.54 Å². The first-order chi connectivity index (χ1) is 16.6. The summed E-state index contributed by atoms with van der Waals surface area (Å²) >= 11 is 0. The number of aromatic nitrogens is 1. The van der Waals surface area contributed by atoms with Crippen molar-refractivity contribution in [3.63, 3.8) is 0 Å². The molecule has 0 radical (unpaired) electrons. The van der Waals surface area contributed by atoms with Crippen LogP contribution in [-0.4, -0.2) is 77.2 Å². The molecule has 1 N–H and O–H groups in total. The predicted octanol–water partition coefficient (Wildman–Crippen LogP) is 3.42. The third-order valence-corrected chi connectivity index (χ3v) is 7.98. The predicted molar refractivity (Wildman–Crippen MR) is 133 cm³/mol. The van der Waals surface area contributed by atoms with E-state index in [1.54, 1.807) is 0 Å². The molecule has 1 atom stereocenters. The fourth-order valence-corrected chi connectivity index (χ4v) is 5.90. The molecule has 1 aromatic carbocycles. The van der Waals surface area contributed by atoms with E-state index in [1.165, 1.54) is 12.8 Å². The monoisotopic (exact) mass is 466 g/mol. The van der Waals surface area contributed by atoms with Crippen molar-refractivity contribution in [2.24, 2.45) is 0 Å². The molecule has 2 amide bonds. The minimum atomic E-state index is -0.914. The maximum absolute atomic E-state index is 13.8. The van der Waals surface area contributed by atoms with Crippen LogP contribution in [0.25, 0.3) is 10.9 Å². The van der Waals surface area contributed by atoms with Crippen molar-refractivity contribution in [1.82, 2.24) is 19.7 Å². The van der Waals surface area contributed by atoms with E-state index in [2.05, 4.69) is 14.8 Å². The topological polar surface area (TPSA) is 66.8 Å². The van der Waals surface area contributed by atoms with Crippen molar-refractivity contribution in [1.29, 1.82) is 0 Å². The summed E-state index contributed by atoms with van der Waals surface area (Å²) in [6, 6.07) is 10.3. The molecule has 34 heavy (non-hydrogen) atoms. The number of ether oxygens (including phenoxy) is 1. The normalized spacial score (nSPS) is 24.7. The molecular formula is C27H38N4O3. The molecular weight excluding hydrogens is 428 g/mol. The van der Waals surface area contributed by atoms with Gasteiger partial charge < -0.3 is 19.5 Å². The number of fused-ring (bicyclic) bond motifs is 3. The minimum absolute atomic E-state index is 0.0115. The van der Waals surface area contributed by atoms with E-state index in [1.807, 2.05) is 42.2 Å². The molecule has 184 valence electrons. The third-order valence-electron chi connectivity index (χ3n) is 7.98. The Kier molecular flexibility index (Phi) is 6.93. The molecule has 1 saturated heterocycles. The Morgan fingerprint density at radius 3 is 2.59 bits per heavy atom. The van der Waals surface area contributed by atoms with Gasteiger partial charge in [0.25, 0.3) is 5.91 Å². The molecule has 2 aromatic rings. The van der Waals surface area contributed by atoms with Crippen LogP contribution in [0.5, 0.6) is 0 Å². The van der Waals surface area contributed by atoms with Crippen molar-refractivity contribution < 1.29 is 14.3 Å². The standard InChI is InChI=1S/C27H38N4O3/c1-27(26(33)28-22-10-4-2-3-5-11-22)20-30-23-12-7-6-9-21(23)19-24(30)25(32)31(27)14-8-13-29-15-17-34-18-16-29/h6-7,9,12,19,22H,2-5,8,10-11,13-18,20H2,1H3,(H,28,33). The average molecular weight is 467 g/mol. The first-order valence-corrected chi connectivity index (χ1v) is 13.1. The third kappa shape index (κ3) is 4.60. The van der Waals surface area contributed by atoms with E-state index >= 15 is 0 Å². The molecule has 2 fully saturated rings. The summed E-state index contributed by atoms with van der Waals surface area (Å²) in [5, 5.41) is 4.41. The molecule has 0 spiro atoms. The number of nitrogens with one attached hydrogen (secondary N) is 1. The van der Waals surface area contributed by atoms with Gasteiger partial charge in [0.2, 0.25) is 5.91 Å². The first-order valence-electron chi connectivity index (χ1n) is 13.1. The van der Waals surface area contributed by atoms with Crippen LogP contribution in [0.4, 0.5) is 0 Å². The maximum Gasteiger partial charge on any atom is 0.271 e. The van der Waals surface area contributed by atoms with Gasteiger partial charge in [-0.25, -0.2) is 0 Å². The van der Waals surface area contributed by atoms with Gasteiger partial charge in [-0.05, 0) is 38.3 Å². The van der Waals surface area contributed by atoms with Crippen LogP contribution in [0.15, 0.2) is 30.3 Å². The zero-order valence-electron chi connectivity index (χ0n) is 20.4. The lowest BCUT2D eigenvalue weighted by molar-refractivity contribution is -0.133. The lowest BCUT2D eigenvalue weighted by Gasteiger charge is -2.45. The van der Waals surface area contributed by atoms with Gasteiger partial charge in [0.1, 0.15) is 11.2 Å². The summed E-state index contributed by atoms with van der Waals surface area (Å²) < 4.78 is 7.52. The van der Waals surface area contributed by atoms with Crippen LogP contribution < -0.4 is 5.32 Å². The lowest BCUT2D eigenvalue weighted by atomic mass is 9.93. The number of benzene rings is 1. The zero-order chi connectivity index (χ0) is 23.5. The van der Waals surface area contributed by atoms with Crippen LogP contribution in [0.2, 0.25) is 0 Å². The number of amides is 2. The number of hydrogen-bond acceptors (Lipinski definition) is 4. The summed E-state index contributed by atoms with van der Waals surface area (Å²) in [5.41, 5.74) is 0.794. The van der Waals surface area contributed by atoms with Crippen molar-refractivity contribution in [2.45, 2.75) is 70.0 Å². The van der Waals surface area contributed by atoms with Gasteiger partial charge in [0, 0.05) is 43.1 Å². The number of carbonyl (C=O) groups is 2. The SMILES string of the molecule is CC1(C(=O)NC2CCCCCC2)Cn2c(cc3ccccc32)C(=O)N1CCCN1CCOCC1. The Labute approximate surface area is 202 Å². The van der Waals surface area contributed by atoms with Gasteiger partial charge in [-0.2, -0.15) is 0 Å². The molecule has 7 heteroatoms. The van der Waals surface area contributed by atoms with Crippen LogP contribution in [0.3, 0.4) is 0 Å². The number of nitrogens with zero attached hydrogens (tertiary/aromatic N) is 3. The van der Waals surface area contributed by atoms with Crippen molar-refractivity contribution in [2.75, 3.05) is 39.4 Å². The molecule has 1 saturated carbocycles. The van der Waals surface area contributed by atoms with E-state index in [4.69, 9.17) is 4.74 Å². The molecule has 3 aliphatic rings. The Balaban J connectivity index is 1.40. The molecule has 0 bridgehead atoms. The highest BCUT2D eigenvalue weighted by molar-refractivity contribution is 6.03. The molecule has 1 unspecified atom stereocenters. The van der Waals surface area contributed by atoms with Crippen molar-refractivity contribution in [3.8, 4) is 0 Å². The number of para-hydroxylation sites is 1. The van der Waals surface area contributed by atoms with Gasteiger partial charge in [0.05, 0.1) is 19.8 Å². The van der Waals surface area contributed by atoms with E-state index in [9.17, 15) is 9.59 Å². The fraction of sp³-hybridized carbons (Fsp3) is 0.630. The highest BCUT2D eigenvalue weighted by Crippen LogP contribution is 2.33. The van der Waals surface area contributed by atoms with E-state index in [-0.39, 0.29) is 17.9 Å². The number of morpholine rings is 1. The highest BCUT2D eigenvalue weighted by atomic mass is 16.5. The fourth-order valence-electron chi connectivity index (χ4n) is 5.90. The molecule has 7 nitrogen and oxygen atoms in total. The molecule has 1 aromatic heterocycles. The van der Waals surface area contributed by atoms with Gasteiger partial charge in [-0.15, -0.1) is 0 Å². The second-order valence-corrected chi connectivity index (χ2v) is 10.4. The second kappa shape index (κ2) is 10.1. The largest absolute Gasteiger partial charge is 0.379 e. The Morgan fingerprint density at radius 2 is 1.82 bits per heavy atom. The smallest absolute Gasteiger partial charge is 0.271 e. The highest BCUT2D eigenvalue weighted by Gasteiger charge is 2.47. The Hall–Kier alpha value is -2.38. The molecule has 1 aliphatic carbocycles. The molecule has 5 rings (SSSR count). The summed E-state index contributed by atoms with van der Waals surface area (Å²) in [6.45, 7) is 7.33. The zero-order valence-corrected chi connectivity index (χ0v) is 20.4. The maximum atomic E-state index is 13.8. The van der Waals surface area contributed by atoms with Crippen LogP contribution >= 0.6 is 0 Å². The van der Waals surface area contributed by atoms with Crippen molar-refractivity contribution >= 4 is 22.7 Å². The van der Waals surface area contributed by atoms with E-state index in [0.717, 1.165) is 75.9 Å². The summed E-state index contributed by atoms with van der Waals surface area (Å²) in [5.74, 6) is -0.0505. The number of hydrogen-bond donors (Lipinski definition) is 1. The summed E-state index contributed by atoms with van der Waals surface area (Å²) in [6.07, 6.45) is 7.72. The lowest BCUT2D eigenvalue weighted by Crippen LogP contribution is -2.65. The van der Waals surface area contributed by atoms with Gasteiger partial charge in [0.15, 0.2) is 0 Å². The van der Waals surface area contributed by atoms with Gasteiger partial charge in [-0.1, -0.05) is 43.9 Å². The van der Waals surface area contributed by atoms with Crippen molar-refractivity contribution in [3.05, 3.63) is 36.0 Å². The summed E-state index contributed by atoms with van der Waals surface area (Å²) in [4.78, 5) is 31.9. The van der Waals surface area contributed by atoms with Crippen LogP contribution in [0.1, 0.15) is 62.4 Å². The van der Waals surface area contributed by atoms with E-state index in [0.29, 0.717) is 18.8 Å². The van der Waals surface area contributed by atoms with Crippen LogP contribution in [0, 0.1) is 0 Å². The summed E-state index contributed by atoms with van der Waals surface area (Å²) in [7, 11) is 0. The Morgan fingerprint density at radius 1 is 1.09 bits per heavy atom. The first kappa shape index (κ1) is 23.4. The van der Waals surface area contributed by atoms with Gasteiger partial charge >= 0.3 is 0 Å². The number of rotatable bonds is 6. The van der Waals surface area contributed by atoms with Gasteiger partial charge in [-0.3, -0.25) is 14.5 Å². The van der Waals surface area contributed by atoms with Crippen LogP contribution in [-0.2, 0) is 16.1 Å². The quantitative estimate of drug-likeness (QED) is 0.663.